The van der Waals surface area contributed by atoms with Crippen molar-refractivity contribution in [2.24, 2.45) is 4.99 Å². The standard InChI is InChI=1S/C20H35N5O/c1-17-8-5-6-9-19(17)26-18(2)16-23-20(21-3)22-10-13-25-12-7-11-24(4)14-15-25/h5-6,8-9,18H,7,10-16H2,1-4H3,(H2,21,22,23). The number of benzene rings is 1. The van der Waals surface area contributed by atoms with E-state index in [-0.39, 0.29) is 6.10 Å². The summed E-state index contributed by atoms with van der Waals surface area (Å²) in [5, 5.41) is 6.76. The molecule has 6 nitrogen and oxygen atoms in total. The first-order valence-corrected chi connectivity index (χ1v) is 9.66. The summed E-state index contributed by atoms with van der Waals surface area (Å²) < 4.78 is 6.01. The van der Waals surface area contributed by atoms with Gasteiger partial charge in [0.15, 0.2) is 5.96 Å². The number of nitrogens with one attached hydrogen (secondary N) is 2. The Labute approximate surface area is 158 Å². The van der Waals surface area contributed by atoms with Crippen molar-refractivity contribution in [3.8, 4) is 5.75 Å². The van der Waals surface area contributed by atoms with E-state index < -0.39 is 0 Å². The number of aryl methyl sites for hydroxylation is 1. The Bertz CT molecular complexity index is 563. The van der Waals surface area contributed by atoms with Crippen molar-refractivity contribution in [2.75, 3.05) is 59.9 Å². The zero-order valence-electron chi connectivity index (χ0n) is 16.8. The van der Waals surface area contributed by atoms with Gasteiger partial charge in [-0.1, -0.05) is 18.2 Å². The molecular weight excluding hydrogens is 326 g/mol. The first-order valence-electron chi connectivity index (χ1n) is 9.66. The summed E-state index contributed by atoms with van der Waals surface area (Å²) in [6.07, 6.45) is 1.31. The molecule has 0 saturated carbocycles. The highest BCUT2D eigenvalue weighted by Gasteiger charge is 2.12. The van der Waals surface area contributed by atoms with E-state index >= 15 is 0 Å². The van der Waals surface area contributed by atoms with E-state index in [0.717, 1.165) is 43.5 Å². The minimum absolute atomic E-state index is 0.0656. The van der Waals surface area contributed by atoms with Crippen LogP contribution in [0.15, 0.2) is 29.3 Å². The van der Waals surface area contributed by atoms with Gasteiger partial charge in [0.2, 0.25) is 0 Å². The molecule has 0 amide bonds. The molecule has 26 heavy (non-hydrogen) atoms. The molecule has 0 radical (unpaired) electrons. The topological polar surface area (TPSA) is 52.1 Å². The van der Waals surface area contributed by atoms with Gasteiger partial charge in [0.25, 0.3) is 0 Å². The molecule has 1 aromatic rings. The van der Waals surface area contributed by atoms with Crippen LogP contribution < -0.4 is 15.4 Å². The van der Waals surface area contributed by atoms with Gasteiger partial charge in [0.1, 0.15) is 11.9 Å². The first kappa shape index (κ1) is 20.5. The fourth-order valence-electron chi connectivity index (χ4n) is 3.06. The highest BCUT2D eigenvalue weighted by molar-refractivity contribution is 5.79. The first-order chi connectivity index (χ1) is 12.6. The summed E-state index contributed by atoms with van der Waals surface area (Å²) >= 11 is 0. The van der Waals surface area contributed by atoms with Crippen LogP contribution in [0.4, 0.5) is 0 Å². The molecular formula is C20H35N5O. The summed E-state index contributed by atoms with van der Waals surface area (Å²) in [5.41, 5.74) is 1.16. The Morgan fingerprint density at radius 1 is 1.19 bits per heavy atom. The van der Waals surface area contributed by atoms with Crippen LogP contribution >= 0.6 is 0 Å². The second kappa shape index (κ2) is 11.0. The number of rotatable bonds is 7. The molecule has 1 aromatic carbocycles. The van der Waals surface area contributed by atoms with Crippen LogP contribution in [0.2, 0.25) is 0 Å². The minimum atomic E-state index is 0.0656. The number of hydrogen-bond acceptors (Lipinski definition) is 4. The second-order valence-electron chi connectivity index (χ2n) is 7.07. The van der Waals surface area contributed by atoms with Gasteiger partial charge in [-0.15, -0.1) is 0 Å². The van der Waals surface area contributed by atoms with Crippen LogP contribution in [0.5, 0.6) is 5.75 Å². The van der Waals surface area contributed by atoms with Crippen LogP contribution in [-0.2, 0) is 0 Å². The molecule has 1 fully saturated rings. The fourth-order valence-corrected chi connectivity index (χ4v) is 3.06. The van der Waals surface area contributed by atoms with Crippen LogP contribution in [-0.4, -0.2) is 81.8 Å². The van der Waals surface area contributed by atoms with Gasteiger partial charge in [0.05, 0.1) is 6.54 Å². The lowest BCUT2D eigenvalue weighted by Crippen LogP contribution is -2.44. The predicted octanol–water partition coefficient (Wildman–Crippen LogP) is 1.56. The van der Waals surface area contributed by atoms with Crippen molar-refractivity contribution in [1.29, 1.82) is 0 Å². The van der Waals surface area contributed by atoms with Crippen molar-refractivity contribution < 1.29 is 4.74 Å². The minimum Gasteiger partial charge on any atom is -0.489 e. The predicted molar refractivity (Wildman–Crippen MR) is 109 cm³/mol. The van der Waals surface area contributed by atoms with E-state index in [2.05, 4.69) is 52.4 Å². The van der Waals surface area contributed by atoms with Crippen LogP contribution in [0, 0.1) is 6.92 Å². The number of aliphatic imine (C=N–C) groups is 1. The zero-order valence-corrected chi connectivity index (χ0v) is 16.8. The largest absolute Gasteiger partial charge is 0.489 e. The monoisotopic (exact) mass is 361 g/mol. The Morgan fingerprint density at radius 3 is 2.77 bits per heavy atom. The lowest BCUT2D eigenvalue weighted by molar-refractivity contribution is 0.222. The third-order valence-electron chi connectivity index (χ3n) is 4.73. The van der Waals surface area contributed by atoms with Crippen molar-refractivity contribution in [3.05, 3.63) is 29.8 Å². The van der Waals surface area contributed by atoms with E-state index in [4.69, 9.17) is 4.74 Å². The average Bonchev–Trinajstić information content (AvgIpc) is 2.84. The zero-order chi connectivity index (χ0) is 18.8. The Kier molecular flexibility index (Phi) is 8.71. The molecule has 1 aliphatic rings. The SMILES string of the molecule is CN=C(NCCN1CCCN(C)CC1)NCC(C)Oc1ccccc1C. The summed E-state index contributed by atoms with van der Waals surface area (Å²) in [4.78, 5) is 9.24. The third kappa shape index (κ3) is 7.22. The second-order valence-corrected chi connectivity index (χ2v) is 7.07. The summed E-state index contributed by atoms with van der Waals surface area (Å²) in [7, 11) is 4.01. The maximum atomic E-state index is 6.01. The number of guanidine groups is 1. The number of likely N-dealkylation sites (N-methyl/N-ethyl adjacent to an activating group) is 1. The molecule has 1 unspecified atom stereocenters. The van der Waals surface area contributed by atoms with Gasteiger partial charge in [0, 0.05) is 33.2 Å². The lowest BCUT2D eigenvalue weighted by atomic mass is 10.2. The van der Waals surface area contributed by atoms with Gasteiger partial charge >= 0.3 is 0 Å². The normalized spacial score (nSPS) is 18.2. The Morgan fingerprint density at radius 2 is 2.00 bits per heavy atom. The van der Waals surface area contributed by atoms with E-state index in [1.165, 1.54) is 19.5 Å². The summed E-state index contributed by atoms with van der Waals surface area (Å²) in [6.45, 7) is 11.5. The van der Waals surface area contributed by atoms with Crippen LogP contribution in [0.3, 0.4) is 0 Å². The summed E-state index contributed by atoms with van der Waals surface area (Å²) in [5.74, 6) is 1.77. The quantitative estimate of drug-likeness (QED) is 0.570. The molecule has 1 saturated heterocycles. The van der Waals surface area contributed by atoms with E-state index in [1.807, 2.05) is 25.2 Å². The van der Waals surface area contributed by atoms with Crippen molar-refractivity contribution in [2.45, 2.75) is 26.4 Å². The molecule has 0 aromatic heterocycles. The van der Waals surface area contributed by atoms with E-state index in [0.29, 0.717) is 6.54 Å². The molecule has 0 spiro atoms. The molecule has 1 heterocycles. The maximum Gasteiger partial charge on any atom is 0.191 e. The molecule has 6 heteroatoms. The average molecular weight is 362 g/mol. The number of hydrogen-bond donors (Lipinski definition) is 2. The summed E-state index contributed by atoms with van der Waals surface area (Å²) in [6, 6.07) is 8.11. The Hall–Kier alpha value is -1.79. The molecule has 0 aliphatic carbocycles. The van der Waals surface area contributed by atoms with E-state index in [9.17, 15) is 0 Å². The highest BCUT2D eigenvalue weighted by Crippen LogP contribution is 2.17. The Balaban J connectivity index is 1.66. The molecule has 2 rings (SSSR count). The molecule has 2 N–H and O–H groups in total. The maximum absolute atomic E-state index is 6.01. The molecule has 1 atom stereocenters. The van der Waals surface area contributed by atoms with Gasteiger partial charge < -0.3 is 25.2 Å². The molecule has 0 bridgehead atoms. The van der Waals surface area contributed by atoms with Crippen LogP contribution in [0.1, 0.15) is 18.9 Å². The van der Waals surface area contributed by atoms with Gasteiger partial charge in [-0.3, -0.25) is 4.99 Å². The fraction of sp³-hybridized carbons (Fsp3) is 0.650. The van der Waals surface area contributed by atoms with Crippen LogP contribution in [0.25, 0.3) is 0 Å². The van der Waals surface area contributed by atoms with Crippen molar-refractivity contribution >= 4 is 5.96 Å². The molecule has 1 aliphatic heterocycles. The highest BCUT2D eigenvalue weighted by atomic mass is 16.5. The van der Waals surface area contributed by atoms with Gasteiger partial charge in [-0.05, 0) is 52.0 Å². The van der Waals surface area contributed by atoms with Gasteiger partial charge in [-0.2, -0.15) is 0 Å². The number of ether oxygens (including phenoxy) is 1. The number of nitrogens with zero attached hydrogens (tertiary/aromatic N) is 3. The number of para-hydroxylation sites is 1. The lowest BCUT2D eigenvalue weighted by Gasteiger charge is -2.22. The molecule has 146 valence electrons. The van der Waals surface area contributed by atoms with Crippen molar-refractivity contribution in [1.82, 2.24) is 20.4 Å². The van der Waals surface area contributed by atoms with E-state index in [1.54, 1.807) is 0 Å². The van der Waals surface area contributed by atoms with Crippen molar-refractivity contribution in [3.63, 3.8) is 0 Å². The third-order valence-corrected chi connectivity index (χ3v) is 4.73. The smallest absolute Gasteiger partial charge is 0.191 e. The van der Waals surface area contributed by atoms with Gasteiger partial charge in [-0.25, -0.2) is 0 Å².